The molecule has 0 radical (unpaired) electrons. The van der Waals surface area contributed by atoms with E-state index >= 15 is 0 Å². The molecule has 4 aromatic rings. The molecular formula is C22H17NO4. The number of fused-ring (bicyclic) bond motifs is 2. The molecule has 0 aliphatic rings. The monoisotopic (exact) mass is 359 g/mol. The fraction of sp³-hybridized carbons (Fsp3) is 0.0909. The van der Waals surface area contributed by atoms with Gasteiger partial charge < -0.3 is 9.47 Å². The van der Waals surface area contributed by atoms with Crippen LogP contribution in [0.25, 0.3) is 21.8 Å². The van der Waals surface area contributed by atoms with Crippen molar-refractivity contribution in [3.05, 3.63) is 82.5 Å². The van der Waals surface area contributed by atoms with Gasteiger partial charge in [-0.3, -0.25) is 14.2 Å². The van der Waals surface area contributed by atoms with E-state index in [0.717, 1.165) is 0 Å². The van der Waals surface area contributed by atoms with Crippen molar-refractivity contribution in [1.29, 1.82) is 0 Å². The summed E-state index contributed by atoms with van der Waals surface area (Å²) in [5, 5.41) is 1.01. The van der Waals surface area contributed by atoms with Crippen LogP contribution in [0.1, 0.15) is 10.4 Å². The summed E-state index contributed by atoms with van der Waals surface area (Å²) in [6.07, 6.45) is 0. The molecule has 0 saturated carbocycles. The largest absolute Gasteiger partial charge is 0.493 e. The van der Waals surface area contributed by atoms with Crippen molar-refractivity contribution in [1.82, 2.24) is 4.57 Å². The lowest BCUT2D eigenvalue weighted by Gasteiger charge is -2.15. The Labute approximate surface area is 155 Å². The highest BCUT2D eigenvalue weighted by Crippen LogP contribution is 2.29. The molecule has 0 N–H and O–H groups in total. The number of pyridine rings is 1. The highest BCUT2D eigenvalue weighted by molar-refractivity contribution is 6.08. The highest BCUT2D eigenvalue weighted by Gasteiger charge is 2.18. The minimum Gasteiger partial charge on any atom is -0.493 e. The van der Waals surface area contributed by atoms with Crippen molar-refractivity contribution in [3.63, 3.8) is 0 Å². The first-order valence-electron chi connectivity index (χ1n) is 8.45. The maximum Gasteiger partial charge on any atom is 0.263 e. The van der Waals surface area contributed by atoms with Crippen LogP contribution in [0, 0.1) is 0 Å². The average Bonchev–Trinajstić information content (AvgIpc) is 2.73. The van der Waals surface area contributed by atoms with E-state index in [9.17, 15) is 9.59 Å². The third-order valence-electron chi connectivity index (χ3n) is 4.61. The molecule has 0 unspecified atom stereocenters. The van der Waals surface area contributed by atoms with Crippen molar-refractivity contribution < 1.29 is 14.3 Å². The molecule has 0 spiro atoms. The second-order valence-electron chi connectivity index (χ2n) is 6.07. The summed E-state index contributed by atoms with van der Waals surface area (Å²) < 4.78 is 12.1. The van der Waals surface area contributed by atoms with Gasteiger partial charge in [-0.15, -0.1) is 0 Å². The fourth-order valence-corrected chi connectivity index (χ4v) is 3.31. The molecule has 0 bridgehead atoms. The van der Waals surface area contributed by atoms with E-state index in [1.165, 1.54) is 7.11 Å². The standard InChI is InChI=1S/C22H17NO4/c1-26-19-12-11-14(13-20(19)27-2)22(25)23-17-9-5-3-7-15(17)21(24)16-8-4-6-10-18(16)23/h3-13H,1-2H3. The molecule has 3 aromatic carbocycles. The quantitative estimate of drug-likeness (QED) is 0.521. The van der Waals surface area contributed by atoms with Crippen molar-refractivity contribution in [2.45, 2.75) is 0 Å². The van der Waals surface area contributed by atoms with Gasteiger partial charge in [0.1, 0.15) is 0 Å². The van der Waals surface area contributed by atoms with Crippen LogP contribution in [-0.4, -0.2) is 24.7 Å². The predicted molar refractivity (Wildman–Crippen MR) is 105 cm³/mol. The van der Waals surface area contributed by atoms with E-state index in [2.05, 4.69) is 0 Å². The van der Waals surface area contributed by atoms with Crippen molar-refractivity contribution in [3.8, 4) is 11.5 Å². The number of para-hydroxylation sites is 2. The van der Waals surface area contributed by atoms with E-state index < -0.39 is 0 Å². The second-order valence-corrected chi connectivity index (χ2v) is 6.07. The third-order valence-corrected chi connectivity index (χ3v) is 4.61. The van der Waals surface area contributed by atoms with Crippen LogP contribution in [0.2, 0.25) is 0 Å². The molecule has 134 valence electrons. The van der Waals surface area contributed by atoms with Crippen LogP contribution in [0.3, 0.4) is 0 Å². The van der Waals surface area contributed by atoms with Gasteiger partial charge in [0, 0.05) is 16.3 Å². The molecule has 4 rings (SSSR count). The number of benzene rings is 3. The van der Waals surface area contributed by atoms with Crippen molar-refractivity contribution in [2.75, 3.05) is 14.2 Å². The second kappa shape index (κ2) is 6.61. The van der Waals surface area contributed by atoms with Crippen LogP contribution in [0.5, 0.6) is 11.5 Å². The molecule has 1 heterocycles. The Hall–Kier alpha value is -3.60. The normalized spacial score (nSPS) is 10.9. The lowest BCUT2D eigenvalue weighted by molar-refractivity contribution is 0.0968. The molecule has 0 amide bonds. The SMILES string of the molecule is COc1ccc(C(=O)n2c3ccccc3c(=O)c3ccccc32)cc1OC. The summed E-state index contributed by atoms with van der Waals surface area (Å²) in [4.78, 5) is 26.2. The van der Waals surface area contributed by atoms with Gasteiger partial charge in [0.25, 0.3) is 5.91 Å². The molecule has 1 aromatic heterocycles. The molecule has 5 nitrogen and oxygen atoms in total. The first-order valence-corrected chi connectivity index (χ1v) is 8.45. The number of hydrogen-bond acceptors (Lipinski definition) is 4. The van der Waals surface area contributed by atoms with Crippen LogP contribution >= 0.6 is 0 Å². The van der Waals surface area contributed by atoms with Gasteiger partial charge in [-0.1, -0.05) is 24.3 Å². The molecule has 0 aliphatic heterocycles. The summed E-state index contributed by atoms with van der Waals surface area (Å²) in [5.74, 6) is 0.769. The van der Waals surface area contributed by atoms with Gasteiger partial charge in [0.05, 0.1) is 25.3 Å². The van der Waals surface area contributed by atoms with E-state index in [4.69, 9.17) is 9.47 Å². The van der Waals surface area contributed by atoms with Crippen LogP contribution in [0.15, 0.2) is 71.5 Å². The number of methoxy groups -OCH3 is 2. The number of ether oxygens (including phenoxy) is 2. The Balaban J connectivity index is 2.04. The summed E-state index contributed by atoms with van der Waals surface area (Å²) in [6, 6.07) is 19.3. The van der Waals surface area contributed by atoms with E-state index in [1.807, 2.05) is 12.1 Å². The highest BCUT2D eigenvalue weighted by atomic mass is 16.5. The average molecular weight is 359 g/mol. The Kier molecular flexibility index (Phi) is 4.12. The van der Waals surface area contributed by atoms with E-state index in [0.29, 0.717) is 38.9 Å². The summed E-state index contributed by atoms with van der Waals surface area (Å²) in [5.41, 5.74) is 1.49. The summed E-state index contributed by atoms with van der Waals surface area (Å²) >= 11 is 0. The van der Waals surface area contributed by atoms with Crippen LogP contribution in [0.4, 0.5) is 0 Å². The number of rotatable bonds is 3. The topological polar surface area (TPSA) is 57.5 Å². The number of hydrogen-bond donors (Lipinski definition) is 0. The maximum atomic E-state index is 13.4. The Morgan fingerprint density at radius 2 is 1.33 bits per heavy atom. The molecule has 0 atom stereocenters. The molecule has 27 heavy (non-hydrogen) atoms. The summed E-state index contributed by atoms with van der Waals surface area (Å²) in [6.45, 7) is 0. The number of nitrogens with zero attached hydrogens (tertiary/aromatic N) is 1. The zero-order valence-electron chi connectivity index (χ0n) is 14.9. The minimum atomic E-state index is -0.247. The van der Waals surface area contributed by atoms with Gasteiger partial charge >= 0.3 is 0 Å². The number of carbonyl (C=O) groups excluding carboxylic acids is 1. The zero-order valence-corrected chi connectivity index (χ0v) is 14.9. The smallest absolute Gasteiger partial charge is 0.263 e. The fourth-order valence-electron chi connectivity index (χ4n) is 3.31. The molecule has 0 saturated heterocycles. The van der Waals surface area contributed by atoms with E-state index in [1.54, 1.807) is 66.3 Å². The molecule has 0 aliphatic carbocycles. The van der Waals surface area contributed by atoms with Crippen molar-refractivity contribution in [2.24, 2.45) is 0 Å². The Morgan fingerprint density at radius 1 is 0.778 bits per heavy atom. The minimum absolute atomic E-state index is 0.0856. The molecular weight excluding hydrogens is 342 g/mol. The number of aromatic nitrogens is 1. The zero-order chi connectivity index (χ0) is 19.0. The van der Waals surface area contributed by atoms with Gasteiger partial charge in [-0.2, -0.15) is 0 Å². The summed E-state index contributed by atoms with van der Waals surface area (Å²) in [7, 11) is 3.07. The van der Waals surface area contributed by atoms with Gasteiger partial charge in [0.2, 0.25) is 0 Å². The van der Waals surface area contributed by atoms with Gasteiger partial charge in [-0.25, -0.2) is 0 Å². The lowest BCUT2D eigenvalue weighted by atomic mass is 10.1. The Bertz CT molecular complexity index is 1180. The third kappa shape index (κ3) is 2.64. The first-order chi connectivity index (χ1) is 13.2. The van der Waals surface area contributed by atoms with Gasteiger partial charge in [0.15, 0.2) is 16.9 Å². The molecule has 5 heteroatoms. The van der Waals surface area contributed by atoms with Crippen LogP contribution in [-0.2, 0) is 0 Å². The van der Waals surface area contributed by atoms with E-state index in [-0.39, 0.29) is 11.3 Å². The number of carbonyl (C=O) groups is 1. The first kappa shape index (κ1) is 16.8. The van der Waals surface area contributed by atoms with Crippen molar-refractivity contribution >= 4 is 27.7 Å². The lowest BCUT2D eigenvalue weighted by Crippen LogP contribution is -2.18. The maximum absolute atomic E-state index is 13.4. The predicted octanol–water partition coefficient (Wildman–Crippen LogP) is 3.86. The van der Waals surface area contributed by atoms with Crippen LogP contribution < -0.4 is 14.9 Å². The van der Waals surface area contributed by atoms with Gasteiger partial charge in [-0.05, 0) is 42.5 Å². The molecule has 0 fully saturated rings. The Morgan fingerprint density at radius 3 is 1.89 bits per heavy atom.